The molecule has 1 N–H and O–H groups in total. The molecule has 0 radical (unpaired) electrons. The summed E-state index contributed by atoms with van der Waals surface area (Å²) < 4.78 is 36.5. The number of alkyl halides is 3. The van der Waals surface area contributed by atoms with Crippen LogP contribution < -0.4 is 5.32 Å². The minimum atomic E-state index is -4.11. The van der Waals surface area contributed by atoms with Crippen molar-refractivity contribution in [1.29, 1.82) is 0 Å². The SMILES string of the molecule is C[C@H](Nc1ccc(CCC(F)(F)F)cc1)c1ccccn1. The van der Waals surface area contributed by atoms with E-state index in [1.54, 1.807) is 30.5 Å². The lowest BCUT2D eigenvalue weighted by molar-refractivity contribution is -0.133. The second-order valence-corrected chi connectivity index (χ2v) is 4.93. The van der Waals surface area contributed by atoms with Crippen molar-refractivity contribution in [2.75, 3.05) is 5.32 Å². The first-order valence-corrected chi connectivity index (χ1v) is 6.77. The highest BCUT2D eigenvalue weighted by Crippen LogP contribution is 2.23. The fourth-order valence-corrected chi connectivity index (χ4v) is 2.01. The fourth-order valence-electron chi connectivity index (χ4n) is 2.01. The van der Waals surface area contributed by atoms with Crippen LogP contribution in [0.15, 0.2) is 48.7 Å². The zero-order valence-corrected chi connectivity index (χ0v) is 11.7. The van der Waals surface area contributed by atoms with Crippen LogP contribution >= 0.6 is 0 Å². The second-order valence-electron chi connectivity index (χ2n) is 4.93. The Kier molecular flexibility index (Phi) is 4.83. The highest BCUT2D eigenvalue weighted by atomic mass is 19.4. The van der Waals surface area contributed by atoms with Gasteiger partial charge in [-0.2, -0.15) is 13.2 Å². The van der Waals surface area contributed by atoms with Crippen LogP contribution in [0.2, 0.25) is 0 Å². The Balaban J connectivity index is 1.93. The zero-order chi connectivity index (χ0) is 15.3. The van der Waals surface area contributed by atoms with Gasteiger partial charge >= 0.3 is 6.18 Å². The van der Waals surface area contributed by atoms with Gasteiger partial charge < -0.3 is 5.32 Å². The Morgan fingerprint density at radius 3 is 2.38 bits per heavy atom. The van der Waals surface area contributed by atoms with E-state index in [0.717, 1.165) is 11.4 Å². The molecule has 1 heterocycles. The summed E-state index contributed by atoms with van der Waals surface area (Å²) in [6, 6.07) is 12.8. The maximum Gasteiger partial charge on any atom is 0.389 e. The number of nitrogens with one attached hydrogen (secondary N) is 1. The van der Waals surface area contributed by atoms with Crippen LogP contribution in [0, 0.1) is 0 Å². The van der Waals surface area contributed by atoms with Gasteiger partial charge in [-0.3, -0.25) is 4.98 Å². The topological polar surface area (TPSA) is 24.9 Å². The van der Waals surface area contributed by atoms with Crippen molar-refractivity contribution in [3.63, 3.8) is 0 Å². The highest BCUT2D eigenvalue weighted by Gasteiger charge is 2.26. The molecule has 0 saturated carbocycles. The molecule has 2 nitrogen and oxygen atoms in total. The first-order chi connectivity index (χ1) is 9.94. The average molecular weight is 294 g/mol. The summed E-state index contributed by atoms with van der Waals surface area (Å²) in [7, 11) is 0. The maximum atomic E-state index is 12.2. The van der Waals surface area contributed by atoms with Crippen LogP contribution in [0.3, 0.4) is 0 Å². The van der Waals surface area contributed by atoms with E-state index in [4.69, 9.17) is 0 Å². The predicted octanol–water partition coefficient (Wildman–Crippen LogP) is 4.75. The van der Waals surface area contributed by atoms with Gasteiger partial charge in [-0.25, -0.2) is 0 Å². The maximum absolute atomic E-state index is 12.2. The minimum absolute atomic E-state index is 0.0135. The van der Waals surface area contributed by atoms with Gasteiger partial charge in [0.15, 0.2) is 0 Å². The van der Waals surface area contributed by atoms with Crippen molar-refractivity contribution in [2.45, 2.75) is 32.0 Å². The Morgan fingerprint density at radius 2 is 1.81 bits per heavy atom. The molecule has 0 fully saturated rings. The monoisotopic (exact) mass is 294 g/mol. The predicted molar refractivity (Wildman–Crippen MR) is 77.1 cm³/mol. The van der Waals surface area contributed by atoms with Gasteiger partial charge in [0.05, 0.1) is 11.7 Å². The summed E-state index contributed by atoms with van der Waals surface area (Å²) in [5.74, 6) is 0. The van der Waals surface area contributed by atoms with Crippen molar-refractivity contribution in [3.05, 3.63) is 59.9 Å². The Morgan fingerprint density at radius 1 is 1.10 bits per heavy atom. The van der Waals surface area contributed by atoms with Crippen molar-refractivity contribution in [2.24, 2.45) is 0 Å². The molecule has 2 aromatic rings. The van der Waals surface area contributed by atoms with Crippen LogP contribution in [0.5, 0.6) is 0 Å². The lowest BCUT2D eigenvalue weighted by atomic mass is 10.1. The number of anilines is 1. The molecule has 0 aliphatic heterocycles. The molecule has 0 unspecified atom stereocenters. The largest absolute Gasteiger partial charge is 0.389 e. The number of benzene rings is 1. The normalized spacial score (nSPS) is 13.0. The van der Waals surface area contributed by atoms with E-state index in [1.165, 1.54) is 0 Å². The molecule has 0 aliphatic carbocycles. The minimum Gasteiger partial charge on any atom is -0.377 e. The standard InChI is InChI=1S/C16H17F3N2/c1-12(15-4-2-3-11-20-15)21-14-7-5-13(6-8-14)9-10-16(17,18)19/h2-8,11-12,21H,9-10H2,1H3/t12-/m0/s1. The molecule has 0 aliphatic rings. The zero-order valence-electron chi connectivity index (χ0n) is 11.7. The fraction of sp³-hybridized carbons (Fsp3) is 0.312. The lowest BCUT2D eigenvalue weighted by Gasteiger charge is -2.15. The van der Waals surface area contributed by atoms with Crippen LogP contribution in [-0.4, -0.2) is 11.2 Å². The number of pyridine rings is 1. The van der Waals surface area contributed by atoms with Gasteiger partial charge in [0.1, 0.15) is 0 Å². The Labute approximate surface area is 122 Å². The van der Waals surface area contributed by atoms with Crippen molar-refractivity contribution in [1.82, 2.24) is 4.98 Å². The van der Waals surface area contributed by atoms with Gasteiger partial charge in [0, 0.05) is 18.3 Å². The molecule has 1 aromatic carbocycles. The van der Waals surface area contributed by atoms with Gasteiger partial charge in [-0.05, 0) is 43.2 Å². The number of aryl methyl sites for hydroxylation is 1. The summed E-state index contributed by atoms with van der Waals surface area (Å²) in [6.07, 6.45) is -3.15. The molecule has 0 bridgehead atoms. The first kappa shape index (κ1) is 15.4. The summed E-state index contributed by atoms with van der Waals surface area (Å²) in [5, 5.41) is 3.27. The van der Waals surface area contributed by atoms with Crippen LogP contribution in [0.25, 0.3) is 0 Å². The van der Waals surface area contributed by atoms with Crippen molar-refractivity contribution >= 4 is 5.69 Å². The summed E-state index contributed by atoms with van der Waals surface area (Å²) in [4.78, 5) is 4.26. The molecule has 2 rings (SSSR count). The van der Waals surface area contributed by atoms with E-state index < -0.39 is 12.6 Å². The number of nitrogens with zero attached hydrogens (tertiary/aromatic N) is 1. The van der Waals surface area contributed by atoms with E-state index in [-0.39, 0.29) is 12.5 Å². The van der Waals surface area contributed by atoms with E-state index in [9.17, 15) is 13.2 Å². The number of rotatable bonds is 5. The van der Waals surface area contributed by atoms with Crippen LogP contribution in [0.4, 0.5) is 18.9 Å². The molecule has 0 saturated heterocycles. The molecule has 0 spiro atoms. The van der Waals surface area contributed by atoms with E-state index in [0.29, 0.717) is 5.56 Å². The van der Waals surface area contributed by atoms with Gasteiger partial charge in [0.2, 0.25) is 0 Å². The molecule has 5 heteroatoms. The van der Waals surface area contributed by atoms with E-state index in [2.05, 4.69) is 10.3 Å². The molecular weight excluding hydrogens is 277 g/mol. The Bertz CT molecular complexity index is 550. The van der Waals surface area contributed by atoms with Crippen molar-refractivity contribution in [3.8, 4) is 0 Å². The van der Waals surface area contributed by atoms with E-state index >= 15 is 0 Å². The molecule has 1 atom stereocenters. The van der Waals surface area contributed by atoms with Crippen LogP contribution in [-0.2, 0) is 6.42 Å². The summed E-state index contributed by atoms with van der Waals surface area (Å²) in [5.41, 5.74) is 2.46. The molecule has 0 amide bonds. The third-order valence-electron chi connectivity index (χ3n) is 3.17. The quantitative estimate of drug-likeness (QED) is 0.860. The average Bonchev–Trinajstić information content (AvgIpc) is 2.46. The number of hydrogen-bond acceptors (Lipinski definition) is 2. The van der Waals surface area contributed by atoms with Gasteiger partial charge in [-0.1, -0.05) is 18.2 Å². The summed E-state index contributed by atoms with van der Waals surface area (Å²) >= 11 is 0. The third kappa shape index (κ3) is 5.10. The van der Waals surface area contributed by atoms with Gasteiger partial charge in [-0.15, -0.1) is 0 Å². The smallest absolute Gasteiger partial charge is 0.377 e. The molecule has 21 heavy (non-hydrogen) atoms. The summed E-state index contributed by atoms with van der Waals surface area (Å²) in [6.45, 7) is 1.99. The molecular formula is C16H17F3N2. The third-order valence-corrected chi connectivity index (χ3v) is 3.17. The number of hydrogen-bond donors (Lipinski definition) is 1. The van der Waals surface area contributed by atoms with E-state index in [1.807, 2.05) is 25.1 Å². The van der Waals surface area contributed by atoms with Crippen molar-refractivity contribution < 1.29 is 13.2 Å². The lowest BCUT2D eigenvalue weighted by Crippen LogP contribution is -2.09. The number of halogens is 3. The highest BCUT2D eigenvalue weighted by molar-refractivity contribution is 5.46. The molecule has 112 valence electrons. The van der Waals surface area contributed by atoms with Gasteiger partial charge in [0.25, 0.3) is 0 Å². The number of aromatic nitrogens is 1. The molecule has 1 aromatic heterocycles. The van der Waals surface area contributed by atoms with Crippen LogP contribution in [0.1, 0.15) is 30.6 Å². The first-order valence-electron chi connectivity index (χ1n) is 6.77. The Hall–Kier alpha value is -2.04. The second kappa shape index (κ2) is 6.61.